The Morgan fingerprint density at radius 3 is 2.32 bits per heavy atom. The Balaban J connectivity index is 2.24. The van der Waals surface area contributed by atoms with Gasteiger partial charge in [0.05, 0.1) is 30.7 Å². The van der Waals surface area contributed by atoms with Gasteiger partial charge in [-0.25, -0.2) is 0 Å². The van der Waals surface area contributed by atoms with Crippen LogP contribution in [-0.2, 0) is 0 Å². The van der Waals surface area contributed by atoms with E-state index >= 15 is 0 Å². The summed E-state index contributed by atoms with van der Waals surface area (Å²) in [6.07, 6.45) is 0. The number of hydrogen-bond acceptors (Lipinski definition) is 4. The first-order valence-corrected chi connectivity index (χ1v) is 6.48. The molecule has 0 heterocycles. The number of rotatable bonds is 4. The molecule has 0 amide bonds. The molecule has 0 radical (unpaired) electrons. The molecule has 19 heavy (non-hydrogen) atoms. The molecule has 2 rings (SSSR count). The van der Waals surface area contributed by atoms with Crippen molar-refractivity contribution >= 4 is 11.8 Å². The molecule has 0 aliphatic rings. The molecule has 0 fully saturated rings. The summed E-state index contributed by atoms with van der Waals surface area (Å²) >= 11 is 1.59. The lowest BCUT2D eigenvalue weighted by atomic mass is 10.2. The molecule has 3 nitrogen and oxygen atoms in total. The average molecular weight is 271 g/mol. The summed E-state index contributed by atoms with van der Waals surface area (Å²) in [7, 11) is 3.26. The molecule has 0 aromatic heterocycles. The maximum absolute atomic E-state index is 8.77. The molecule has 0 N–H and O–H groups in total. The number of benzene rings is 2. The average Bonchev–Trinajstić information content (AvgIpc) is 2.48. The third kappa shape index (κ3) is 3.21. The fourth-order valence-corrected chi connectivity index (χ4v) is 2.49. The van der Waals surface area contributed by atoms with E-state index in [4.69, 9.17) is 14.7 Å². The minimum atomic E-state index is 0.658. The maximum Gasteiger partial charge on any atom is 0.136 e. The van der Waals surface area contributed by atoms with Crippen molar-refractivity contribution in [2.45, 2.75) is 9.79 Å². The number of hydrogen-bond donors (Lipinski definition) is 0. The van der Waals surface area contributed by atoms with Crippen LogP contribution in [0.25, 0.3) is 0 Å². The lowest BCUT2D eigenvalue weighted by Gasteiger charge is -2.09. The van der Waals surface area contributed by atoms with Gasteiger partial charge in [0, 0.05) is 11.0 Å². The molecule has 2 aromatic rings. The zero-order valence-electron chi connectivity index (χ0n) is 10.7. The van der Waals surface area contributed by atoms with E-state index in [0.717, 1.165) is 21.3 Å². The van der Waals surface area contributed by atoms with Crippen LogP contribution >= 0.6 is 11.8 Å². The topological polar surface area (TPSA) is 42.2 Å². The van der Waals surface area contributed by atoms with Gasteiger partial charge in [0.1, 0.15) is 11.5 Å². The molecule has 0 saturated carbocycles. The van der Waals surface area contributed by atoms with E-state index in [1.807, 2.05) is 30.3 Å². The van der Waals surface area contributed by atoms with Gasteiger partial charge in [0.15, 0.2) is 0 Å². The van der Waals surface area contributed by atoms with Gasteiger partial charge in [-0.2, -0.15) is 5.26 Å². The van der Waals surface area contributed by atoms with E-state index in [9.17, 15) is 0 Å². The van der Waals surface area contributed by atoms with Crippen LogP contribution in [0.15, 0.2) is 52.3 Å². The van der Waals surface area contributed by atoms with Crippen molar-refractivity contribution in [1.82, 2.24) is 0 Å². The predicted molar refractivity (Wildman–Crippen MR) is 74.8 cm³/mol. The second-order valence-electron chi connectivity index (χ2n) is 3.76. The Hall–Kier alpha value is -2.12. The van der Waals surface area contributed by atoms with Crippen molar-refractivity contribution in [3.8, 4) is 17.6 Å². The van der Waals surface area contributed by atoms with Gasteiger partial charge >= 0.3 is 0 Å². The van der Waals surface area contributed by atoms with E-state index in [1.165, 1.54) is 0 Å². The normalized spacial score (nSPS) is 9.74. The van der Waals surface area contributed by atoms with Gasteiger partial charge in [0.2, 0.25) is 0 Å². The van der Waals surface area contributed by atoms with Gasteiger partial charge in [-0.3, -0.25) is 0 Å². The monoisotopic (exact) mass is 271 g/mol. The van der Waals surface area contributed by atoms with Crippen LogP contribution in [0.1, 0.15) is 5.56 Å². The Morgan fingerprint density at radius 2 is 1.74 bits per heavy atom. The Kier molecular flexibility index (Phi) is 4.32. The van der Waals surface area contributed by atoms with Gasteiger partial charge in [-0.15, -0.1) is 0 Å². The minimum Gasteiger partial charge on any atom is -0.497 e. The van der Waals surface area contributed by atoms with Crippen LogP contribution in [0.5, 0.6) is 11.5 Å². The van der Waals surface area contributed by atoms with Crippen LogP contribution in [0.2, 0.25) is 0 Å². The lowest BCUT2D eigenvalue weighted by molar-refractivity contribution is 0.387. The quantitative estimate of drug-likeness (QED) is 0.849. The molecule has 0 aliphatic heterocycles. The van der Waals surface area contributed by atoms with Crippen molar-refractivity contribution in [3.05, 3.63) is 48.0 Å². The van der Waals surface area contributed by atoms with E-state index in [2.05, 4.69) is 6.07 Å². The van der Waals surface area contributed by atoms with Crippen LogP contribution in [-0.4, -0.2) is 14.2 Å². The summed E-state index contributed by atoms with van der Waals surface area (Å²) in [5.41, 5.74) is 0.658. The SMILES string of the molecule is COc1ccc(Sc2ccc(C#N)cc2)c(OC)c1. The molecule has 0 unspecified atom stereocenters. The highest BCUT2D eigenvalue weighted by atomic mass is 32.2. The molecule has 0 spiro atoms. The summed E-state index contributed by atoms with van der Waals surface area (Å²) < 4.78 is 10.5. The van der Waals surface area contributed by atoms with Crippen molar-refractivity contribution in [1.29, 1.82) is 5.26 Å². The summed E-state index contributed by atoms with van der Waals surface area (Å²) in [4.78, 5) is 2.07. The highest BCUT2D eigenvalue weighted by Crippen LogP contribution is 2.37. The van der Waals surface area contributed by atoms with Gasteiger partial charge in [-0.1, -0.05) is 11.8 Å². The Morgan fingerprint density at radius 1 is 1.00 bits per heavy atom. The summed E-state index contributed by atoms with van der Waals surface area (Å²) in [5.74, 6) is 1.54. The molecule has 2 aromatic carbocycles. The zero-order valence-corrected chi connectivity index (χ0v) is 11.5. The first-order chi connectivity index (χ1) is 9.26. The first kappa shape index (κ1) is 13.3. The predicted octanol–water partition coefficient (Wildman–Crippen LogP) is 3.73. The highest BCUT2D eigenvalue weighted by Gasteiger charge is 2.06. The second-order valence-corrected chi connectivity index (χ2v) is 4.87. The van der Waals surface area contributed by atoms with Crippen LogP contribution in [0.4, 0.5) is 0 Å². The molecule has 0 saturated heterocycles. The Labute approximate surface area is 116 Å². The van der Waals surface area contributed by atoms with Gasteiger partial charge < -0.3 is 9.47 Å². The molecular formula is C15H13NO2S. The molecule has 96 valence electrons. The van der Waals surface area contributed by atoms with Crippen molar-refractivity contribution < 1.29 is 9.47 Å². The van der Waals surface area contributed by atoms with E-state index in [1.54, 1.807) is 38.1 Å². The fourth-order valence-electron chi connectivity index (χ4n) is 1.58. The lowest BCUT2D eigenvalue weighted by Crippen LogP contribution is -1.89. The largest absolute Gasteiger partial charge is 0.497 e. The number of nitriles is 1. The zero-order chi connectivity index (χ0) is 13.7. The first-order valence-electron chi connectivity index (χ1n) is 5.67. The van der Waals surface area contributed by atoms with Crippen molar-refractivity contribution in [3.63, 3.8) is 0 Å². The van der Waals surface area contributed by atoms with Crippen molar-refractivity contribution in [2.24, 2.45) is 0 Å². The molecule has 4 heteroatoms. The van der Waals surface area contributed by atoms with Gasteiger partial charge in [0.25, 0.3) is 0 Å². The third-order valence-corrected chi connectivity index (χ3v) is 3.65. The summed E-state index contributed by atoms with van der Waals surface area (Å²) in [6, 6.07) is 15.3. The standard InChI is InChI=1S/C15H13NO2S/c1-17-12-5-8-15(14(9-12)18-2)19-13-6-3-11(10-16)4-7-13/h3-9H,1-2H3. The second kappa shape index (κ2) is 6.17. The van der Waals surface area contributed by atoms with Crippen LogP contribution < -0.4 is 9.47 Å². The minimum absolute atomic E-state index is 0.658. The fraction of sp³-hybridized carbons (Fsp3) is 0.133. The number of ether oxygens (including phenoxy) is 2. The summed E-state index contributed by atoms with van der Waals surface area (Å²) in [6.45, 7) is 0. The van der Waals surface area contributed by atoms with Crippen LogP contribution in [0, 0.1) is 11.3 Å². The van der Waals surface area contributed by atoms with E-state index in [-0.39, 0.29) is 0 Å². The maximum atomic E-state index is 8.77. The molecule has 0 bridgehead atoms. The smallest absolute Gasteiger partial charge is 0.136 e. The third-order valence-electron chi connectivity index (χ3n) is 2.58. The molecular weight excluding hydrogens is 258 g/mol. The number of methoxy groups -OCH3 is 2. The van der Waals surface area contributed by atoms with E-state index < -0.39 is 0 Å². The highest BCUT2D eigenvalue weighted by molar-refractivity contribution is 7.99. The molecule has 0 aliphatic carbocycles. The van der Waals surface area contributed by atoms with Gasteiger partial charge in [-0.05, 0) is 36.4 Å². The van der Waals surface area contributed by atoms with Crippen LogP contribution in [0.3, 0.4) is 0 Å². The number of nitrogens with zero attached hydrogens (tertiary/aromatic N) is 1. The molecule has 0 atom stereocenters. The summed E-state index contributed by atoms with van der Waals surface area (Å²) in [5, 5.41) is 8.77. The van der Waals surface area contributed by atoms with E-state index in [0.29, 0.717) is 5.56 Å². The van der Waals surface area contributed by atoms with Crippen molar-refractivity contribution in [2.75, 3.05) is 14.2 Å². The Bertz CT molecular complexity index is 603.